The Morgan fingerprint density at radius 2 is 1.47 bits per heavy atom. The first-order valence-electron chi connectivity index (χ1n) is 11.8. The zero-order valence-corrected chi connectivity index (χ0v) is 21.8. The minimum absolute atomic E-state index is 0.182. The van der Waals surface area contributed by atoms with Gasteiger partial charge in [-0.05, 0) is 70.9 Å². The lowest BCUT2D eigenvalue weighted by Gasteiger charge is -2.11. The molecule has 0 amide bonds. The van der Waals surface area contributed by atoms with Gasteiger partial charge in [0.15, 0.2) is 6.61 Å². The first-order valence-corrected chi connectivity index (χ1v) is 11.8. The number of nitrogens with zero attached hydrogens (tertiary/aromatic N) is 3. The summed E-state index contributed by atoms with van der Waals surface area (Å²) in [5.74, 6) is -0.834. The number of hydrogen-bond donors (Lipinski definition) is 0. The maximum Gasteiger partial charge on any atom is 0.339 e. The molecule has 2 aromatic heterocycles. The van der Waals surface area contributed by atoms with Crippen LogP contribution in [0.25, 0.3) is 11.4 Å². The quantitative estimate of drug-likeness (QED) is 0.289. The summed E-state index contributed by atoms with van der Waals surface area (Å²) in [6.07, 6.45) is 0. The number of esters is 1. The Labute approximate surface area is 210 Å². The molecule has 2 aromatic carbocycles. The van der Waals surface area contributed by atoms with Crippen LogP contribution >= 0.6 is 0 Å². The number of para-hydroxylation sites is 1. The molecule has 0 fully saturated rings. The van der Waals surface area contributed by atoms with Crippen molar-refractivity contribution in [2.45, 2.75) is 41.5 Å². The van der Waals surface area contributed by atoms with Crippen LogP contribution < -0.4 is 5.56 Å². The summed E-state index contributed by atoms with van der Waals surface area (Å²) in [6, 6.07) is 15.0. The van der Waals surface area contributed by atoms with Crippen molar-refractivity contribution in [2.24, 2.45) is 7.05 Å². The van der Waals surface area contributed by atoms with E-state index in [1.54, 1.807) is 26.9 Å². The Balaban J connectivity index is 1.65. The van der Waals surface area contributed by atoms with Crippen LogP contribution in [0, 0.1) is 41.5 Å². The molecular formula is C29H31N3O4. The fraction of sp³-hybridized carbons (Fsp3) is 0.276. The highest BCUT2D eigenvalue weighted by Gasteiger charge is 2.24. The molecule has 0 aliphatic rings. The summed E-state index contributed by atoms with van der Waals surface area (Å²) in [5, 5.41) is 0. The lowest BCUT2D eigenvalue weighted by molar-refractivity contribution is 0.0473. The SMILES string of the molecule is Cc1cc(C)c(C(=O)OCC(=O)c2cc(C)n(-c3c(C)n(C)n(-c4ccccc4)c3=O)c2C)c(C)c1. The lowest BCUT2D eigenvalue weighted by Crippen LogP contribution is -2.22. The van der Waals surface area contributed by atoms with Gasteiger partial charge in [-0.15, -0.1) is 0 Å². The molecule has 0 N–H and O–H groups in total. The van der Waals surface area contributed by atoms with Gasteiger partial charge in [0.05, 0.1) is 16.9 Å². The average molecular weight is 486 g/mol. The molecule has 36 heavy (non-hydrogen) atoms. The van der Waals surface area contributed by atoms with E-state index in [1.807, 2.05) is 84.1 Å². The van der Waals surface area contributed by atoms with Gasteiger partial charge >= 0.3 is 5.97 Å². The number of aromatic nitrogens is 3. The number of hydrogen-bond acceptors (Lipinski definition) is 4. The van der Waals surface area contributed by atoms with Crippen molar-refractivity contribution >= 4 is 11.8 Å². The van der Waals surface area contributed by atoms with Crippen LogP contribution in [0.2, 0.25) is 0 Å². The van der Waals surface area contributed by atoms with Crippen molar-refractivity contribution < 1.29 is 14.3 Å². The van der Waals surface area contributed by atoms with E-state index in [0.29, 0.717) is 22.5 Å². The van der Waals surface area contributed by atoms with Crippen molar-refractivity contribution in [1.29, 1.82) is 0 Å². The number of ether oxygens (including phenoxy) is 1. The Hall–Kier alpha value is -4.13. The van der Waals surface area contributed by atoms with Gasteiger partial charge in [0.2, 0.25) is 5.78 Å². The molecule has 0 radical (unpaired) electrons. The Morgan fingerprint density at radius 1 is 0.861 bits per heavy atom. The Kier molecular flexibility index (Phi) is 6.59. The van der Waals surface area contributed by atoms with Gasteiger partial charge in [0.25, 0.3) is 5.56 Å². The number of carbonyl (C=O) groups excluding carboxylic acids is 2. The number of aryl methyl sites for hydroxylation is 4. The van der Waals surface area contributed by atoms with E-state index in [2.05, 4.69) is 0 Å². The van der Waals surface area contributed by atoms with E-state index < -0.39 is 5.97 Å². The van der Waals surface area contributed by atoms with Crippen LogP contribution in [0.5, 0.6) is 0 Å². The van der Waals surface area contributed by atoms with E-state index in [9.17, 15) is 14.4 Å². The molecule has 7 nitrogen and oxygen atoms in total. The molecule has 0 saturated heterocycles. The summed E-state index contributed by atoms with van der Waals surface area (Å²) < 4.78 is 10.6. The van der Waals surface area contributed by atoms with Gasteiger partial charge in [-0.3, -0.25) is 14.3 Å². The Bertz CT molecular complexity index is 1530. The minimum Gasteiger partial charge on any atom is -0.454 e. The molecule has 4 aromatic rings. The number of carbonyl (C=O) groups is 2. The normalized spacial score (nSPS) is 11.1. The predicted molar refractivity (Wildman–Crippen MR) is 140 cm³/mol. The molecule has 0 aliphatic carbocycles. The van der Waals surface area contributed by atoms with Crippen LogP contribution in [-0.2, 0) is 11.8 Å². The fourth-order valence-corrected chi connectivity index (χ4v) is 4.98. The van der Waals surface area contributed by atoms with Crippen molar-refractivity contribution in [1.82, 2.24) is 13.9 Å². The molecule has 4 rings (SSSR count). The monoisotopic (exact) mass is 485 g/mol. The van der Waals surface area contributed by atoms with Crippen LogP contribution in [0.4, 0.5) is 0 Å². The highest BCUT2D eigenvalue weighted by molar-refractivity contribution is 6.01. The molecule has 7 heteroatoms. The molecular weight excluding hydrogens is 454 g/mol. The molecule has 0 saturated carbocycles. The van der Waals surface area contributed by atoms with Crippen molar-refractivity contribution in [3.8, 4) is 11.4 Å². The maximum atomic E-state index is 13.5. The number of benzene rings is 2. The van der Waals surface area contributed by atoms with Gasteiger partial charge in [0.1, 0.15) is 5.69 Å². The summed E-state index contributed by atoms with van der Waals surface area (Å²) >= 11 is 0. The van der Waals surface area contributed by atoms with Gasteiger partial charge in [-0.2, -0.15) is 0 Å². The molecule has 0 bridgehead atoms. The third-order valence-electron chi connectivity index (χ3n) is 6.69. The van der Waals surface area contributed by atoms with Crippen molar-refractivity contribution in [3.05, 3.63) is 104 Å². The van der Waals surface area contributed by atoms with Gasteiger partial charge in [-0.25, -0.2) is 9.48 Å². The third kappa shape index (κ3) is 4.21. The van der Waals surface area contributed by atoms with Gasteiger partial charge in [-0.1, -0.05) is 35.9 Å². The van der Waals surface area contributed by atoms with Gasteiger partial charge < -0.3 is 9.30 Å². The molecule has 0 atom stereocenters. The highest BCUT2D eigenvalue weighted by Crippen LogP contribution is 2.23. The fourth-order valence-electron chi connectivity index (χ4n) is 4.98. The molecule has 0 aliphatic heterocycles. The van der Waals surface area contributed by atoms with Crippen LogP contribution in [0.15, 0.2) is 53.3 Å². The molecule has 186 valence electrons. The number of Topliss-reactive ketones (excluding diaryl/α,β-unsaturated/α-hetero) is 1. The van der Waals surface area contributed by atoms with Crippen LogP contribution in [0.3, 0.4) is 0 Å². The molecule has 0 spiro atoms. The second-order valence-corrected chi connectivity index (χ2v) is 9.30. The maximum absolute atomic E-state index is 13.5. The molecule has 2 heterocycles. The number of ketones is 1. The smallest absolute Gasteiger partial charge is 0.339 e. The van der Waals surface area contributed by atoms with Crippen molar-refractivity contribution in [2.75, 3.05) is 6.61 Å². The summed E-state index contributed by atoms with van der Waals surface area (Å²) in [5.41, 5.74) is 6.81. The summed E-state index contributed by atoms with van der Waals surface area (Å²) in [6.45, 7) is 10.8. The first-order chi connectivity index (χ1) is 17.0. The van der Waals surface area contributed by atoms with Gasteiger partial charge in [0, 0.05) is 24.0 Å². The van der Waals surface area contributed by atoms with Crippen LogP contribution in [0.1, 0.15) is 54.5 Å². The van der Waals surface area contributed by atoms with E-state index >= 15 is 0 Å². The Morgan fingerprint density at radius 3 is 2.08 bits per heavy atom. The largest absolute Gasteiger partial charge is 0.454 e. The topological polar surface area (TPSA) is 75.2 Å². The zero-order chi connectivity index (χ0) is 26.3. The zero-order valence-electron chi connectivity index (χ0n) is 21.8. The summed E-state index contributed by atoms with van der Waals surface area (Å²) in [7, 11) is 1.84. The second-order valence-electron chi connectivity index (χ2n) is 9.30. The first kappa shape index (κ1) is 25.0. The van der Waals surface area contributed by atoms with E-state index in [-0.39, 0.29) is 17.9 Å². The van der Waals surface area contributed by atoms with Crippen molar-refractivity contribution in [3.63, 3.8) is 0 Å². The molecule has 0 unspecified atom stereocenters. The van der Waals surface area contributed by atoms with E-state index in [1.165, 1.54) is 0 Å². The van der Waals surface area contributed by atoms with E-state index in [4.69, 9.17) is 4.74 Å². The third-order valence-corrected chi connectivity index (χ3v) is 6.69. The highest BCUT2D eigenvalue weighted by atomic mass is 16.5. The predicted octanol–water partition coefficient (Wildman–Crippen LogP) is 4.86. The standard InChI is InChI=1S/C29H31N3O4/c1-17-13-18(2)26(19(3)14-17)29(35)36-16-25(33)24-15-20(4)31(21(24)5)27-22(6)30(7)32(28(27)34)23-11-9-8-10-12-23/h8-15H,16H2,1-7H3. The lowest BCUT2D eigenvalue weighted by atomic mass is 10.00. The average Bonchev–Trinajstić information content (AvgIpc) is 3.22. The second kappa shape index (κ2) is 9.49. The number of rotatable bonds is 6. The van der Waals surface area contributed by atoms with Crippen LogP contribution in [-0.4, -0.2) is 32.3 Å². The van der Waals surface area contributed by atoms with E-state index in [0.717, 1.165) is 33.8 Å². The summed E-state index contributed by atoms with van der Waals surface area (Å²) in [4.78, 5) is 39.4. The minimum atomic E-state index is -0.517.